The van der Waals surface area contributed by atoms with Gasteiger partial charge in [0.25, 0.3) is 15.9 Å². The van der Waals surface area contributed by atoms with E-state index in [2.05, 4.69) is 10.0 Å². The average molecular weight is 473 g/mol. The molecule has 1 atom stereocenters. The number of rotatable bonds is 6. The summed E-state index contributed by atoms with van der Waals surface area (Å²) < 4.78 is 38.7. The molecule has 1 aliphatic rings. The summed E-state index contributed by atoms with van der Waals surface area (Å²) >= 11 is 5.83. The van der Waals surface area contributed by atoms with Gasteiger partial charge in [0.05, 0.1) is 10.9 Å². The molecule has 0 spiro atoms. The molecular weight excluding hydrogens is 452 g/mol. The molecule has 0 aliphatic carbocycles. The summed E-state index contributed by atoms with van der Waals surface area (Å²) in [5, 5.41) is 3.42. The Morgan fingerprint density at radius 2 is 1.59 bits per heavy atom. The maximum absolute atomic E-state index is 12.7. The van der Waals surface area contributed by atoms with Gasteiger partial charge in [0, 0.05) is 16.3 Å². The Morgan fingerprint density at radius 3 is 2.28 bits per heavy atom. The molecule has 3 aromatic carbocycles. The van der Waals surface area contributed by atoms with Crippen LogP contribution in [0.5, 0.6) is 11.5 Å². The zero-order chi connectivity index (χ0) is 22.7. The molecule has 4 rings (SSSR count). The normalized spacial score (nSPS) is 13.8. The highest BCUT2D eigenvalue weighted by molar-refractivity contribution is 7.92. The van der Waals surface area contributed by atoms with Crippen molar-refractivity contribution >= 4 is 33.2 Å². The van der Waals surface area contributed by atoms with Gasteiger partial charge in [-0.15, -0.1) is 0 Å². The van der Waals surface area contributed by atoms with E-state index >= 15 is 0 Å². The van der Waals surface area contributed by atoms with Crippen LogP contribution in [0, 0.1) is 0 Å². The lowest BCUT2D eigenvalue weighted by molar-refractivity contribution is 0.0939. The molecule has 0 unspecified atom stereocenters. The van der Waals surface area contributed by atoms with Crippen LogP contribution in [0.15, 0.2) is 71.6 Å². The van der Waals surface area contributed by atoms with Gasteiger partial charge in [0.15, 0.2) is 11.5 Å². The number of hydrogen-bond donors (Lipinski definition) is 2. The maximum atomic E-state index is 12.7. The summed E-state index contributed by atoms with van der Waals surface area (Å²) in [7, 11) is -3.79. The predicted octanol–water partition coefficient (Wildman–Crippen LogP) is 4.40. The SMILES string of the molecule is C[C@@H](NC(=O)c1ccc(S(=O)(=O)Nc2ccc(Cl)cc2)cc1)c1ccc2c(c1)OCCO2. The van der Waals surface area contributed by atoms with Gasteiger partial charge in [-0.3, -0.25) is 9.52 Å². The molecule has 7 nitrogen and oxygen atoms in total. The quantitative estimate of drug-likeness (QED) is 0.554. The zero-order valence-electron chi connectivity index (χ0n) is 17.2. The van der Waals surface area contributed by atoms with Crippen molar-refractivity contribution in [1.82, 2.24) is 5.32 Å². The van der Waals surface area contributed by atoms with E-state index in [0.717, 1.165) is 5.56 Å². The van der Waals surface area contributed by atoms with E-state index in [1.807, 2.05) is 25.1 Å². The fraction of sp³-hybridized carbons (Fsp3) is 0.174. The van der Waals surface area contributed by atoms with Crippen molar-refractivity contribution in [2.45, 2.75) is 17.9 Å². The van der Waals surface area contributed by atoms with Crippen molar-refractivity contribution in [2.24, 2.45) is 0 Å². The molecule has 0 aromatic heterocycles. The Hall–Kier alpha value is -3.23. The lowest BCUT2D eigenvalue weighted by Crippen LogP contribution is -2.27. The summed E-state index contributed by atoms with van der Waals surface area (Å²) in [5.41, 5.74) is 1.61. The number of sulfonamides is 1. The number of nitrogens with one attached hydrogen (secondary N) is 2. The van der Waals surface area contributed by atoms with Crippen LogP contribution in [0.25, 0.3) is 0 Å². The Bertz CT molecular complexity index is 1230. The largest absolute Gasteiger partial charge is 0.486 e. The second-order valence-electron chi connectivity index (χ2n) is 7.24. The van der Waals surface area contributed by atoms with Gasteiger partial charge in [0.2, 0.25) is 0 Å². The van der Waals surface area contributed by atoms with E-state index in [1.54, 1.807) is 24.3 Å². The van der Waals surface area contributed by atoms with E-state index in [1.165, 1.54) is 24.3 Å². The minimum atomic E-state index is -3.79. The van der Waals surface area contributed by atoms with Crippen LogP contribution >= 0.6 is 11.6 Å². The first-order valence-corrected chi connectivity index (χ1v) is 11.8. The summed E-state index contributed by atoms with van der Waals surface area (Å²) in [6.07, 6.45) is 0. The molecule has 0 bridgehead atoms. The minimum absolute atomic E-state index is 0.0453. The van der Waals surface area contributed by atoms with Gasteiger partial charge in [-0.1, -0.05) is 17.7 Å². The number of carbonyl (C=O) groups is 1. The molecular formula is C23H21ClN2O5S. The van der Waals surface area contributed by atoms with Gasteiger partial charge in [0.1, 0.15) is 13.2 Å². The van der Waals surface area contributed by atoms with Crippen LogP contribution in [-0.2, 0) is 10.0 Å². The van der Waals surface area contributed by atoms with Gasteiger partial charge < -0.3 is 14.8 Å². The molecule has 0 saturated carbocycles. The molecule has 0 fully saturated rings. The smallest absolute Gasteiger partial charge is 0.261 e. The number of carbonyl (C=O) groups excluding carboxylic acids is 1. The molecule has 166 valence electrons. The van der Waals surface area contributed by atoms with Crippen molar-refractivity contribution in [3.8, 4) is 11.5 Å². The predicted molar refractivity (Wildman–Crippen MR) is 122 cm³/mol. The summed E-state index contributed by atoms with van der Waals surface area (Å²) in [4.78, 5) is 12.7. The number of halogens is 1. The number of amides is 1. The third-order valence-corrected chi connectivity index (χ3v) is 6.59. The molecule has 3 aromatic rings. The summed E-state index contributed by atoms with van der Waals surface area (Å²) in [5.74, 6) is 1.02. The third-order valence-electron chi connectivity index (χ3n) is 4.94. The lowest BCUT2D eigenvalue weighted by atomic mass is 10.1. The van der Waals surface area contributed by atoms with Crippen LogP contribution in [0.2, 0.25) is 5.02 Å². The molecule has 9 heteroatoms. The second-order valence-corrected chi connectivity index (χ2v) is 9.35. The van der Waals surface area contributed by atoms with E-state index in [-0.39, 0.29) is 16.8 Å². The molecule has 2 N–H and O–H groups in total. The Kier molecular flexibility index (Phi) is 6.25. The van der Waals surface area contributed by atoms with Crippen molar-refractivity contribution in [3.05, 3.63) is 82.9 Å². The Morgan fingerprint density at radius 1 is 0.938 bits per heavy atom. The van der Waals surface area contributed by atoms with Crippen LogP contribution in [0.4, 0.5) is 5.69 Å². The lowest BCUT2D eigenvalue weighted by Gasteiger charge is -2.21. The van der Waals surface area contributed by atoms with Gasteiger partial charge in [-0.05, 0) is 73.2 Å². The number of benzene rings is 3. The van der Waals surface area contributed by atoms with Crippen LogP contribution < -0.4 is 19.5 Å². The molecule has 0 radical (unpaired) electrons. The van der Waals surface area contributed by atoms with Crippen molar-refractivity contribution < 1.29 is 22.7 Å². The van der Waals surface area contributed by atoms with Crippen molar-refractivity contribution in [1.29, 1.82) is 0 Å². The monoisotopic (exact) mass is 472 g/mol. The average Bonchev–Trinajstić information content (AvgIpc) is 2.80. The highest BCUT2D eigenvalue weighted by atomic mass is 35.5. The van der Waals surface area contributed by atoms with Crippen LogP contribution in [0.3, 0.4) is 0 Å². The fourth-order valence-electron chi connectivity index (χ4n) is 3.21. The van der Waals surface area contributed by atoms with Gasteiger partial charge >= 0.3 is 0 Å². The minimum Gasteiger partial charge on any atom is -0.486 e. The van der Waals surface area contributed by atoms with E-state index in [9.17, 15) is 13.2 Å². The maximum Gasteiger partial charge on any atom is 0.261 e. The second kappa shape index (κ2) is 9.10. The van der Waals surface area contributed by atoms with Gasteiger partial charge in [-0.2, -0.15) is 0 Å². The molecule has 0 saturated heterocycles. The first kappa shape index (κ1) is 22.0. The topological polar surface area (TPSA) is 93.7 Å². The zero-order valence-corrected chi connectivity index (χ0v) is 18.7. The van der Waals surface area contributed by atoms with E-state index in [0.29, 0.717) is 41.0 Å². The third kappa shape index (κ3) is 4.98. The summed E-state index contributed by atoms with van der Waals surface area (Å²) in [6.45, 7) is 2.86. The highest BCUT2D eigenvalue weighted by Gasteiger charge is 2.18. The first-order valence-electron chi connectivity index (χ1n) is 9.91. The van der Waals surface area contributed by atoms with E-state index in [4.69, 9.17) is 21.1 Å². The number of fused-ring (bicyclic) bond motifs is 1. The Labute approximate surface area is 191 Å². The molecule has 1 aliphatic heterocycles. The highest BCUT2D eigenvalue weighted by Crippen LogP contribution is 2.32. The van der Waals surface area contributed by atoms with Crippen molar-refractivity contribution in [3.63, 3.8) is 0 Å². The number of anilines is 1. The van der Waals surface area contributed by atoms with Crippen molar-refractivity contribution in [2.75, 3.05) is 17.9 Å². The number of hydrogen-bond acceptors (Lipinski definition) is 5. The van der Waals surface area contributed by atoms with Crippen LogP contribution in [0.1, 0.15) is 28.9 Å². The van der Waals surface area contributed by atoms with Crippen LogP contribution in [-0.4, -0.2) is 27.5 Å². The standard InChI is InChI=1S/C23H21ClN2O5S/c1-15(17-4-11-21-22(14-17)31-13-12-30-21)25-23(27)16-2-9-20(10-3-16)32(28,29)26-19-7-5-18(24)6-8-19/h2-11,14-15,26H,12-13H2,1H3,(H,25,27)/t15-/m1/s1. The molecule has 1 heterocycles. The Balaban J connectivity index is 1.43. The molecule has 32 heavy (non-hydrogen) atoms. The summed E-state index contributed by atoms with van der Waals surface area (Å²) in [6, 6.07) is 17.3. The fourth-order valence-corrected chi connectivity index (χ4v) is 4.39. The van der Waals surface area contributed by atoms with E-state index < -0.39 is 10.0 Å². The first-order chi connectivity index (χ1) is 15.3. The number of ether oxygens (including phenoxy) is 2. The molecule has 1 amide bonds. The van der Waals surface area contributed by atoms with Gasteiger partial charge in [-0.25, -0.2) is 8.42 Å².